The lowest BCUT2D eigenvalue weighted by atomic mass is 10.3. The van der Waals surface area contributed by atoms with Crippen molar-refractivity contribution in [1.29, 1.82) is 0 Å². The molecule has 2 aromatic carbocycles. The van der Waals surface area contributed by atoms with Crippen molar-refractivity contribution in [3.63, 3.8) is 0 Å². The second-order valence-corrected chi connectivity index (χ2v) is 8.28. The molecule has 2 aromatic rings. The lowest BCUT2D eigenvalue weighted by Crippen LogP contribution is -2.30. The summed E-state index contributed by atoms with van der Waals surface area (Å²) < 4.78 is 37.6. The maximum absolute atomic E-state index is 12.5. The number of amides is 1. The first-order chi connectivity index (χ1) is 13.3. The summed E-state index contributed by atoms with van der Waals surface area (Å²) in [5.41, 5.74) is 0.253. The van der Waals surface area contributed by atoms with E-state index in [4.69, 9.17) is 32.7 Å². The lowest BCUT2D eigenvalue weighted by Gasteiger charge is -2.10. The van der Waals surface area contributed by atoms with Crippen LogP contribution in [0.25, 0.3) is 0 Å². The molecule has 0 heterocycles. The van der Waals surface area contributed by atoms with E-state index in [9.17, 15) is 13.2 Å². The quantitative estimate of drug-likeness (QED) is 0.545. The highest BCUT2D eigenvalue weighted by molar-refractivity contribution is 7.92. The Morgan fingerprint density at radius 1 is 1.07 bits per heavy atom. The van der Waals surface area contributed by atoms with Gasteiger partial charge in [-0.25, -0.2) is 8.42 Å². The van der Waals surface area contributed by atoms with Gasteiger partial charge in [-0.2, -0.15) is 0 Å². The zero-order valence-electron chi connectivity index (χ0n) is 15.1. The second kappa shape index (κ2) is 10.5. The largest absolute Gasteiger partial charge is 0.484 e. The van der Waals surface area contributed by atoms with E-state index < -0.39 is 10.0 Å². The van der Waals surface area contributed by atoms with Crippen molar-refractivity contribution in [3.8, 4) is 5.75 Å². The summed E-state index contributed by atoms with van der Waals surface area (Å²) >= 11 is 11.8. The molecule has 0 radical (unpaired) electrons. The molecule has 0 aliphatic carbocycles. The Hall–Kier alpha value is -2.00. The molecule has 28 heavy (non-hydrogen) atoms. The summed E-state index contributed by atoms with van der Waals surface area (Å²) in [6, 6.07) is 10.1. The van der Waals surface area contributed by atoms with Gasteiger partial charge >= 0.3 is 0 Å². The minimum atomic E-state index is -3.83. The molecule has 152 valence electrons. The maximum Gasteiger partial charge on any atom is 0.261 e. The van der Waals surface area contributed by atoms with E-state index in [-0.39, 0.29) is 23.1 Å². The lowest BCUT2D eigenvalue weighted by molar-refractivity contribution is -0.123. The average molecular weight is 447 g/mol. The molecule has 0 aliphatic rings. The van der Waals surface area contributed by atoms with Gasteiger partial charge in [0.25, 0.3) is 15.9 Å². The molecule has 0 unspecified atom stereocenters. The minimum absolute atomic E-state index is 0.0277. The van der Waals surface area contributed by atoms with Crippen molar-refractivity contribution in [1.82, 2.24) is 5.32 Å². The van der Waals surface area contributed by atoms with Gasteiger partial charge in [0.2, 0.25) is 0 Å². The number of benzene rings is 2. The molecule has 7 nitrogen and oxygen atoms in total. The van der Waals surface area contributed by atoms with Crippen molar-refractivity contribution in [3.05, 3.63) is 52.5 Å². The number of rotatable bonds is 10. The van der Waals surface area contributed by atoms with Crippen LogP contribution in [0.4, 0.5) is 5.69 Å². The molecule has 0 atom stereocenters. The summed E-state index contributed by atoms with van der Waals surface area (Å²) in [6.45, 7) is 0.886. The van der Waals surface area contributed by atoms with Gasteiger partial charge in [-0.15, -0.1) is 0 Å². The minimum Gasteiger partial charge on any atom is -0.484 e. The van der Waals surface area contributed by atoms with Crippen molar-refractivity contribution < 1.29 is 22.7 Å². The molecule has 0 aliphatic heterocycles. The summed E-state index contributed by atoms with van der Waals surface area (Å²) in [4.78, 5) is 11.7. The highest BCUT2D eigenvalue weighted by atomic mass is 35.5. The van der Waals surface area contributed by atoms with Crippen LogP contribution in [0, 0.1) is 0 Å². The number of anilines is 1. The van der Waals surface area contributed by atoms with Gasteiger partial charge in [-0.05, 0) is 48.9 Å². The van der Waals surface area contributed by atoms with Crippen LogP contribution in [0.5, 0.6) is 5.75 Å². The fourth-order valence-corrected chi connectivity index (χ4v) is 3.75. The van der Waals surface area contributed by atoms with Crippen LogP contribution in [-0.2, 0) is 19.6 Å². The zero-order chi connectivity index (χ0) is 20.6. The van der Waals surface area contributed by atoms with Crippen LogP contribution in [0.2, 0.25) is 10.0 Å². The Kier molecular flexibility index (Phi) is 8.37. The van der Waals surface area contributed by atoms with E-state index in [1.165, 1.54) is 42.5 Å². The molecule has 0 spiro atoms. The number of hydrogen-bond donors (Lipinski definition) is 2. The smallest absolute Gasteiger partial charge is 0.261 e. The molecule has 0 saturated heterocycles. The standard InChI is InChI=1S/C18H20Cl2N2O5S/c1-26-8-2-7-21-18(23)12-27-16-3-5-17(6-4-16)28(24,25)22-15-10-13(19)9-14(20)11-15/h3-6,9-11,22H,2,7-8,12H2,1H3,(H,21,23). The van der Waals surface area contributed by atoms with Crippen LogP contribution in [0.1, 0.15) is 6.42 Å². The first kappa shape index (κ1) is 22.3. The number of halogens is 2. The zero-order valence-corrected chi connectivity index (χ0v) is 17.4. The predicted molar refractivity (Wildman–Crippen MR) is 109 cm³/mol. The molecular weight excluding hydrogens is 427 g/mol. The molecular formula is C18H20Cl2N2O5S. The fourth-order valence-electron chi connectivity index (χ4n) is 2.19. The van der Waals surface area contributed by atoms with E-state index in [2.05, 4.69) is 10.0 Å². The Morgan fingerprint density at radius 2 is 1.71 bits per heavy atom. The first-order valence-corrected chi connectivity index (χ1v) is 10.5. The van der Waals surface area contributed by atoms with Crippen molar-refractivity contribution in [2.24, 2.45) is 0 Å². The molecule has 0 saturated carbocycles. The molecule has 0 bridgehead atoms. The van der Waals surface area contributed by atoms with E-state index in [1.54, 1.807) is 7.11 Å². The van der Waals surface area contributed by atoms with Gasteiger partial charge < -0.3 is 14.8 Å². The summed E-state index contributed by atoms with van der Waals surface area (Å²) in [5, 5.41) is 3.32. The van der Waals surface area contributed by atoms with E-state index in [1.807, 2.05) is 0 Å². The van der Waals surface area contributed by atoms with Gasteiger partial charge in [-0.3, -0.25) is 9.52 Å². The van der Waals surface area contributed by atoms with Crippen LogP contribution in [-0.4, -0.2) is 41.2 Å². The van der Waals surface area contributed by atoms with Crippen LogP contribution in [0.3, 0.4) is 0 Å². The van der Waals surface area contributed by atoms with E-state index >= 15 is 0 Å². The van der Waals surface area contributed by atoms with Crippen molar-refractivity contribution in [2.75, 3.05) is 31.6 Å². The van der Waals surface area contributed by atoms with Gasteiger partial charge in [0, 0.05) is 30.3 Å². The third kappa shape index (κ3) is 7.20. The molecule has 2 rings (SSSR count). The van der Waals surface area contributed by atoms with Gasteiger partial charge in [-0.1, -0.05) is 23.2 Å². The molecule has 0 fully saturated rings. The highest BCUT2D eigenvalue weighted by Gasteiger charge is 2.15. The maximum atomic E-state index is 12.5. The Bertz CT molecular complexity index is 884. The van der Waals surface area contributed by atoms with Crippen LogP contribution in [0.15, 0.2) is 47.4 Å². The number of ether oxygens (including phenoxy) is 2. The SMILES string of the molecule is COCCCNC(=O)COc1ccc(S(=O)(=O)Nc2cc(Cl)cc(Cl)c2)cc1. The van der Waals surface area contributed by atoms with Gasteiger partial charge in [0.15, 0.2) is 6.61 Å². The average Bonchev–Trinajstić information content (AvgIpc) is 2.62. The normalized spacial score (nSPS) is 11.1. The fraction of sp³-hybridized carbons (Fsp3) is 0.278. The number of carbonyl (C=O) groups is 1. The number of hydrogen-bond acceptors (Lipinski definition) is 5. The molecule has 10 heteroatoms. The number of carbonyl (C=O) groups excluding carboxylic acids is 1. The second-order valence-electron chi connectivity index (χ2n) is 5.72. The monoisotopic (exact) mass is 446 g/mol. The topological polar surface area (TPSA) is 93.7 Å². The summed E-state index contributed by atoms with van der Waals surface area (Å²) in [5.74, 6) is 0.101. The first-order valence-electron chi connectivity index (χ1n) is 8.27. The number of methoxy groups -OCH3 is 1. The summed E-state index contributed by atoms with van der Waals surface area (Å²) in [6.07, 6.45) is 0.708. The third-order valence-electron chi connectivity index (χ3n) is 3.47. The predicted octanol–water partition coefficient (Wildman–Crippen LogP) is 3.33. The van der Waals surface area contributed by atoms with E-state index in [0.29, 0.717) is 35.4 Å². The Morgan fingerprint density at radius 3 is 2.32 bits per heavy atom. The molecule has 2 N–H and O–H groups in total. The third-order valence-corrected chi connectivity index (χ3v) is 5.30. The van der Waals surface area contributed by atoms with Crippen molar-refractivity contribution in [2.45, 2.75) is 11.3 Å². The summed E-state index contributed by atoms with van der Waals surface area (Å²) in [7, 11) is -2.23. The number of nitrogens with one attached hydrogen (secondary N) is 2. The van der Waals surface area contributed by atoms with Gasteiger partial charge in [0.05, 0.1) is 10.6 Å². The molecule has 0 aromatic heterocycles. The van der Waals surface area contributed by atoms with Crippen molar-refractivity contribution >= 4 is 44.8 Å². The van der Waals surface area contributed by atoms with Crippen LogP contribution >= 0.6 is 23.2 Å². The Labute approximate surface area is 174 Å². The number of sulfonamides is 1. The Balaban J connectivity index is 1.92. The highest BCUT2D eigenvalue weighted by Crippen LogP contribution is 2.25. The van der Waals surface area contributed by atoms with E-state index in [0.717, 1.165) is 0 Å². The van der Waals surface area contributed by atoms with Gasteiger partial charge in [0.1, 0.15) is 5.75 Å². The van der Waals surface area contributed by atoms with Crippen LogP contribution < -0.4 is 14.8 Å². The molecule has 1 amide bonds.